The molecular formula is C15H25BO3. The van der Waals surface area contributed by atoms with Gasteiger partial charge in [0, 0.05) is 6.42 Å². The zero-order valence-electron chi connectivity index (χ0n) is 12.3. The lowest BCUT2D eigenvalue weighted by molar-refractivity contribution is -0.137. The molecule has 0 amide bonds. The molecule has 3 nitrogen and oxygen atoms in total. The van der Waals surface area contributed by atoms with Crippen molar-refractivity contribution in [1.82, 2.24) is 0 Å². The predicted molar refractivity (Wildman–Crippen MR) is 79.3 cm³/mol. The summed E-state index contributed by atoms with van der Waals surface area (Å²) in [4.78, 5) is 10.7. The molecule has 0 aliphatic carbocycles. The average molecular weight is 264 g/mol. The maximum Gasteiger partial charge on any atom is 0.340 e. The molecule has 1 atom stereocenters. The van der Waals surface area contributed by atoms with Crippen LogP contribution in [0.3, 0.4) is 0 Å². The lowest BCUT2D eigenvalue weighted by Gasteiger charge is -2.24. The minimum Gasteiger partial charge on any atom is -0.567 e. The fourth-order valence-electron chi connectivity index (χ4n) is 2.21. The Hall–Kier alpha value is -1.19. The van der Waals surface area contributed by atoms with Crippen molar-refractivity contribution >= 4 is 13.5 Å². The minimum absolute atomic E-state index is 0.144. The third-order valence-electron chi connectivity index (χ3n) is 3.45. The zero-order chi connectivity index (χ0) is 14.3. The summed E-state index contributed by atoms with van der Waals surface area (Å²) >= 11 is 0. The van der Waals surface area contributed by atoms with E-state index in [4.69, 9.17) is 9.76 Å². The molecule has 0 spiro atoms. The first kappa shape index (κ1) is 15.9. The van der Waals surface area contributed by atoms with E-state index in [2.05, 4.69) is 32.9 Å². The Labute approximate surface area is 117 Å². The molecule has 0 aromatic carbocycles. The van der Waals surface area contributed by atoms with E-state index in [1.54, 1.807) is 0 Å². The molecule has 1 aliphatic rings. The quantitative estimate of drug-likeness (QED) is 0.715. The second-order valence-corrected chi connectivity index (χ2v) is 5.68. The number of aliphatic carboxylic acids is 1. The summed E-state index contributed by atoms with van der Waals surface area (Å²) in [5, 5.41) is 8.78. The molecule has 1 N–H and O–H groups in total. The van der Waals surface area contributed by atoms with Crippen molar-refractivity contribution in [3.63, 3.8) is 0 Å². The van der Waals surface area contributed by atoms with Crippen LogP contribution in [0.25, 0.3) is 0 Å². The lowest BCUT2D eigenvalue weighted by atomic mass is 9.77. The van der Waals surface area contributed by atoms with Gasteiger partial charge in [-0.25, -0.2) is 0 Å². The zero-order valence-corrected chi connectivity index (χ0v) is 12.3. The Morgan fingerprint density at radius 2 is 2.32 bits per heavy atom. The lowest BCUT2D eigenvalue weighted by Crippen LogP contribution is -2.16. The van der Waals surface area contributed by atoms with Gasteiger partial charge >= 0.3 is 13.5 Å². The number of rotatable bonds is 7. The Bertz CT molecular complexity index is 358. The molecule has 1 rings (SSSR count). The van der Waals surface area contributed by atoms with Gasteiger partial charge in [0.05, 0.1) is 12.2 Å². The molecule has 0 saturated carbocycles. The van der Waals surface area contributed by atoms with E-state index in [1.165, 1.54) is 12.0 Å². The summed E-state index contributed by atoms with van der Waals surface area (Å²) < 4.78 is 5.65. The number of carboxylic acid groups (broad SMARTS) is 1. The van der Waals surface area contributed by atoms with Gasteiger partial charge in [-0.1, -0.05) is 32.9 Å². The number of carbonyl (C=O) groups is 1. The van der Waals surface area contributed by atoms with E-state index >= 15 is 0 Å². The summed E-state index contributed by atoms with van der Waals surface area (Å²) in [6.07, 6.45) is 8.25. The maximum atomic E-state index is 10.7. The second kappa shape index (κ2) is 8.08. The Morgan fingerprint density at radius 3 is 2.95 bits per heavy atom. The molecule has 0 saturated heterocycles. The molecule has 0 fully saturated rings. The monoisotopic (exact) mass is 264 g/mol. The molecule has 0 aromatic rings. The molecule has 19 heavy (non-hydrogen) atoms. The van der Waals surface area contributed by atoms with Crippen LogP contribution in [0.5, 0.6) is 0 Å². The molecule has 4 heteroatoms. The number of carboxylic acids is 1. The van der Waals surface area contributed by atoms with Crippen LogP contribution in [0.15, 0.2) is 23.5 Å². The number of hydrogen-bond donors (Lipinski definition) is 1. The summed E-state index contributed by atoms with van der Waals surface area (Å²) in [6.45, 7) is 6.63. The van der Waals surface area contributed by atoms with Gasteiger partial charge in [0.25, 0.3) is 0 Å². The number of allylic oxidation sites excluding steroid dienone is 4. The number of hydrogen-bond acceptors (Lipinski definition) is 2. The van der Waals surface area contributed by atoms with E-state index < -0.39 is 5.97 Å². The standard InChI is InChI=1S/C15H25BO3/c1-11(2)6-4-5-7-13-12(3)10-16-19-14(13)8-9-15(17)18/h5,7,11-12,16H,4,6,8-10H2,1-3H3,(H,17,18)/b7-5-/t12-/m0/s1. The van der Waals surface area contributed by atoms with Gasteiger partial charge in [-0.3, -0.25) is 4.79 Å². The van der Waals surface area contributed by atoms with Gasteiger partial charge in [-0.05, 0) is 36.6 Å². The van der Waals surface area contributed by atoms with E-state index in [0.717, 1.165) is 18.5 Å². The fourth-order valence-corrected chi connectivity index (χ4v) is 2.21. The Kier molecular flexibility index (Phi) is 6.75. The molecule has 0 bridgehead atoms. The Morgan fingerprint density at radius 1 is 1.58 bits per heavy atom. The third kappa shape index (κ3) is 5.99. The van der Waals surface area contributed by atoms with Crippen LogP contribution in [0.1, 0.15) is 46.5 Å². The van der Waals surface area contributed by atoms with Crippen molar-refractivity contribution in [2.75, 3.05) is 0 Å². The molecule has 1 heterocycles. The van der Waals surface area contributed by atoms with E-state index in [-0.39, 0.29) is 6.42 Å². The van der Waals surface area contributed by atoms with Gasteiger partial charge in [0.2, 0.25) is 0 Å². The highest BCUT2D eigenvalue weighted by Gasteiger charge is 2.20. The van der Waals surface area contributed by atoms with Crippen LogP contribution >= 0.6 is 0 Å². The van der Waals surface area contributed by atoms with Crippen molar-refractivity contribution < 1.29 is 14.6 Å². The van der Waals surface area contributed by atoms with Crippen LogP contribution in [0.2, 0.25) is 6.32 Å². The van der Waals surface area contributed by atoms with Gasteiger partial charge in [0.1, 0.15) is 0 Å². The summed E-state index contributed by atoms with van der Waals surface area (Å²) in [6, 6.07) is 0. The largest absolute Gasteiger partial charge is 0.567 e. The van der Waals surface area contributed by atoms with Gasteiger partial charge < -0.3 is 9.76 Å². The van der Waals surface area contributed by atoms with Crippen LogP contribution < -0.4 is 0 Å². The van der Waals surface area contributed by atoms with E-state index in [1.807, 2.05) is 0 Å². The summed E-state index contributed by atoms with van der Waals surface area (Å²) in [5.74, 6) is 1.29. The molecular weight excluding hydrogens is 239 g/mol. The molecule has 106 valence electrons. The first-order chi connectivity index (χ1) is 9.00. The molecule has 0 radical (unpaired) electrons. The smallest absolute Gasteiger partial charge is 0.340 e. The van der Waals surface area contributed by atoms with Crippen LogP contribution in [-0.4, -0.2) is 18.6 Å². The highest BCUT2D eigenvalue weighted by Crippen LogP contribution is 2.28. The van der Waals surface area contributed by atoms with Crippen LogP contribution in [0.4, 0.5) is 0 Å². The summed E-state index contributed by atoms with van der Waals surface area (Å²) in [7, 11) is 0.708. The average Bonchev–Trinajstić information content (AvgIpc) is 2.33. The van der Waals surface area contributed by atoms with Crippen molar-refractivity contribution in [1.29, 1.82) is 0 Å². The molecule has 1 aliphatic heterocycles. The minimum atomic E-state index is -0.766. The second-order valence-electron chi connectivity index (χ2n) is 5.68. The van der Waals surface area contributed by atoms with E-state index in [0.29, 0.717) is 25.7 Å². The van der Waals surface area contributed by atoms with Gasteiger partial charge in [0.15, 0.2) is 0 Å². The molecule has 0 unspecified atom stereocenters. The Balaban J connectivity index is 2.66. The van der Waals surface area contributed by atoms with Gasteiger partial charge in [-0.15, -0.1) is 0 Å². The molecule has 0 aromatic heterocycles. The van der Waals surface area contributed by atoms with Gasteiger partial charge in [-0.2, -0.15) is 0 Å². The third-order valence-corrected chi connectivity index (χ3v) is 3.45. The van der Waals surface area contributed by atoms with Crippen molar-refractivity contribution in [2.24, 2.45) is 11.8 Å². The first-order valence-electron chi connectivity index (χ1n) is 7.25. The highest BCUT2D eigenvalue weighted by molar-refractivity contribution is 6.28. The first-order valence-corrected chi connectivity index (χ1v) is 7.25. The highest BCUT2D eigenvalue weighted by atomic mass is 16.4. The summed E-state index contributed by atoms with van der Waals surface area (Å²) in [5.41, 5.74) is 1.19. The van der Waals surface area contributed by atoms with Crippen LogP contribution in [-0.2, 0) is 9.45 Å². The van der Waals surface area contributed by atoms with E-state index in [9.17, 15) is 4.79 Å². The van der Waals surface area contributed by atoms with Crippen molar-refractivity contribution in [2.45, 2.75) is 52.8 Å². The predicted octanol–water partition coefficient (Wildman–Crippen LogP) is 3.53. The van der Waals surface area contributed by atoms with Crippen molar-refractivity contribution in [3.8, 4) is 0 Å². The SMILES string of the molecule is CC(C)CC/C=C\C1=C(CCC(=O)O)OBC[C@@H]1C. The normalized spacial score (nSPS) is 19.7. The maximum absolute atomic E-state index is 10.7. The van der Waals surface area contributed by atoms with Crippen LogP contribution in [0, 0.1) is 11.8 Å². The van der Waals surface area contributed by atoms with Crippen molar-refractivity contribution in [3.05, 3.63) is 23.5 Å². The fraction of sp³-hybridized carbons (Fsp3) is 0.667. The topological polar surface area (TPSA) is 46.5 Å².